The first-order valence-corrected chi connectivity index (χ1v) is 6.97. The van der Waals surface area contributed by atoms with E-state index in [4.69, 9.17) is 5.11 Å². The summed E-state index contributed by atoms with van der Waals surface area (Å²) in [5, 5.41) is 8.52. The van der Waals surface area contributed by atoms with Crippen molar-refractivity contribution in [1.29, 1.82) is 0 Å². The fourth-order valence-corrected chi connectivity index (χ4v) is 2.42. The summed E-state index contributed by atoms with van der Waals surface area (Å²) in [7, 11) is -0.975. The molecule has 1 unspecified atom stereocenters. The third-order valence-corrected chi connectivity index (χ3v) is 3.84. The second kappa shape index (κ2) is 12.8. The summed E-state index contributed by atoms with van der Waals surface area (Å²) in [5.41, 5.74) is -0.334. The quantitative estimate of drug-likeness (QED) is 0.291. The first-order chi connectivity index (χ1) is 7.61. The van der Waals surface area contributed by atoms with Crippen molar-refractivity contribution in [3.63, 3.8) is 0 Å². The number of aliphatic hydroxyl groups is 1. The van der Waals surface area contributed by atoms with Crippen molar-refractivity contribution in [1.82, 2.24) is 0 Å². The van der Waals surface area contributed by atoms with E-state index in [1.54, 1.807) is 0 Å². The fourth-order valence-electron chi connectivity index (χ4n) is 1.17. The van der Waals surface area contributed by atoms with Crippen molar-refractivity contribution in [3.8, 4) is 0 Å². The molecule has 17 heavy (non-hydrogen) atoms. The summed E-state index contributed by atoms with van der Waals surface area (Å²) in [4.78, 5) is 22.0. The Morgan fingerprint density at radius 2 is 1.82 bits per heavy atom. The van der Waals surface area contributed by atoms with Crippen LogP contribution in [0.15, 0.2) is 0 Å². The number of carbonyl (C=O) groups excluding carboxylic acids is 2. The Kier molecular flexibility index (Phi) is 14.8. The largest absolute Gasteiger partial charge is 0.469 e. The van der Waals surface area contributed by atoms with Crippen LogP contribution in [0.5, 0.6) is 0 Å². The molecule has 0 saturated carbocycles. The van der Waals surface area contributed by atoms with Gasteiger partial charge in [0, 0.05) is 48.7 Å². The predicted octanol–water partition coefficient (Wildman–Crippen LogP) is 0.808. The molecule has 1 radical (unpaired) electrons. The van der Waals surface area contributed by atoms with Gasteiger partial charge >= 0.3 is 5.97 Å². The van der Waals surface area contributed by atoms with Crippen LogP contribution in [0, 0.1) is 0 Å². The number of rotatable bonds is 9. The van der Waals surface area contributed by atoms with Gasteiger partial charge in [0.25, 0.3) is 0 Å². The number of hydrogen-bond donors (Lipinski definition) is 1. The zero-order valence-electron chi connectivity index (χ0n) is 10.5. The van der Waals surface area contributed by atoms with Crippen molar-refractivity contribution < 1.29 is 24.0 Å². The smallest absolute Gasteiger partial charge is 0.305 e. The summed E-state index contributed by atoms with van der Waals surface area (Å²) in [6.07, 6.45) is 2.52. The predicted molar refractivity (Wildman–Crippen MR) is 66.8 cm³/mol. The molecular formula is C10H19NaO5P. The Morgan fingerprint density at radius 1 is 1.18 bits per heavy atom. The number of hydrogen-bond acceptors (Lipinski definition) is 5. The van der Waals surface area contributed by atoms with E-state index < -0.39 is 13.8 Å². The average molecular weight is 273 g/mol. The summed E-state index contributed by atoms with van der Waals surface area (Å²) in [6.45, 7) is 0.122. The number of unbranched alkanes of at least 4 members (excludes halogenated alkanes) is 2. The second-order valence-electron chi connectivity index (χ2n) is 3.46. The maximum Gasteiger partial charge on any atom is 0.305 e. The van der Waals surface area contributed by atoms with Crippen molar-refractivity contribution >= 4 is 48.9 Å². The number of esters is 1. The van der Waals surface area contributed by atoms with E-state index in [9.17, 15) is 14.2 Å². The van der Waals surface area contributed by atoms with Gasteiger partial charge in [0.15, 0.2) is 5.52 Å². The molecule has 0 fully saturated rings. The molecule has 0 aliphatic rings. The van der Waals surface area contributed by atoms with Gasteiger partial charge in [0.2, 0.25) is 0 Å². The molecule has 0 saturated heterocycles. The molecule has 0 aromatic heterocycles. The molecule has 0 spiro atoms. The molecule has 0 rings (SSSR count). The molecule has 0 bridgehead atoms. The second-order valence-corrected chi connectivity index (χ2v) is 5.36. The maximum absolute atomic E-state index is 11.4. The fraction of sp³-hybridized carbons (Fsp3) is 0.800. The van der Waals surface area contributed by atoms with Crippen molar-refractivity contribution in [2.45, 2.75) is 32.1 Å². The minimum atomic E-state index is -2.23. The van der Waals surface area contributed by atoms with Gasteiger partial charge in [-0.25, -0.2) is 0 Å². The van der Waals surface area contributed by atoms with Gasteiger partial charge in [-0.05, 0) is 12.8 Å². The Hall–Kier alpha value is 0.330. The molecule has 7 heteroatoms. The third kappa shape index (κ3) is 11.2. The van der Waals surface area contributed by atoms with Crippen LogP contribution in [0.4, 0.5) is 0 Å². The SMILES string of the molecule is COC(=O)CCC(=O)[PH](=O)CCCCCO.[Na]. The number of aliphatic hydroxyl groups excluding tert-OH is 1. The topological polar surface area (TPSA) is 80.7 Å². The van der Waals surface area contributed by atoms with Gasteiger partial charge in [-0.2, -0.15) is 0 Å². The minimum absolute atomic E-state index is 0. The van der Waals surface area contributed by atoms with Gasteiger partial charge in [-0.1, -0.05) is 6.42 Å². The van der Waals surface area contributed by atoms with Crippen molar-refractivity contribution in [2.75, 3.05) is 19.9 Å². The van der Waals surface area contributed by atoms with Crippen LogP contribution in [-0.4, -0.2) is 66.0 Å². The van der Waals surface area contributed by atoms with Gasteiger partial charge in [0.1, 0.15) is 7.80 Å². The van der Waals surface area contributed by atoms with Gasteiger partial charge < -0.3 is 14.4 Å². The van der Waals surface area contributed by atoms with E-state index in [0.717, 1.165) is 6.42 Å². The molecule has 0 amide bonds. The van der Waals surface area contributed by atoms with E-state index in [0.29, 0.717) is 19.0 Å². The Bertz CT molecular complexity index is 257. The molecule has 5 nitrogen and oxygen atoms in total. The van der Waals surface area contributed by atoms with Crippen LogP contribution in [0.1, 0.15) is 32.1 Å². The van der Waals surface area contributed by atoms with E-state index in [1.165, 1.54) is 7.11 Å². The number of methoxy groups -OCH3 is 1. The Balaban J connectivity index is 0. The van der Waals surface area contributed by atoms with Crippen LogP contribution in [0.3, 0.4) is 0 Å². The first kappa shape index (κ1) is 19.7. The molecular weight excluding hydrogens is 254 g/mol. The summed E-state index contributed by atoms with van der Waals surface area (Å²) >= 11 is 0. The number of carbonyl (C=O) groups is 2. The van der Waals surface area contributed by atoms with Crippen molar-refractivity contribution in [3.05, 3.63) is 0 Å². The van der Waals surface area contributed by atoms with Crippen LogP contribution in [0.2, 0.25) is 0 Å². The zero-order chi connectivity index (χ0) is 12.4. The molecule has 1 atom stereocenters. The van der Waals surface area contributed by atoms with E-state index in [2.05, 4.69) is 4.74 Å². The van der Waals surface area contributed by atoms with E-state index in [1.807, 2.05) is 0 Å². The van der Waals surface area contributed by atoms with E-state index >= 15 is 0 Å². The van der Waals surface area contributed by atoms with Gasteiger partial charge in [-0.3, -0.25) is 9.59 Å². The molecule has 0 aliphatic heterocycles. The summed E-state index contributed by atoms with van der Waals surface area (Å²) < 4.78 is 15.8. The normalized spacial score (nSPS) is 11.4. The minimum Gasteiger partial charge on any atom is -0.469 e. The van der Waals surface area contributed by atoms with Crippen LogP contribution in [-0.2, 0) is 18.9 Å². The monoisotopic (exact) mass is 273 g/mol. The van der Waals surface area contributed by atoms with Gasteiger partial charge in [0.05, 0.1) is 13.5 Å². The summed E-state index contributed by atoms with van der Waals surface area (Å²) in [5.74, 6) is -0.455. The molecule has 1 N–H and O–H groups in total. The standard InChI is InChI=1S/C10H19O5P.Na/c1-15-9(12)5-6-10(13)16(14)8-4-2-3-7-11;/h11,16H,2-8H2,1H3;. The molecule has 0 aromatic carbocycles. The molecule has 0 aliphatic carbocycles. The number of ether oxygens (including phenoxy) is 1. The zero-order valence-corrected chi connectivity index (χ0v) is 13.5. The van der Waals surface area contributed by atoms with Crippen LogP contribution in [0.25, 0.3) is 0 Å². The molecule has 0 aromatic rings. The van der Waals surface area contributed by atoms with E-state index in [-0.39, 0.29) is 54.5 Å². The molecule has 0 heterocycles. The molecule has 95 valence electrons. The van der Waals surface area contributed by atoms with Crippen LogP contribution < -0.4 is 0 Å². The first-order valence-electron chi connectivity index (χ1n) is 5.35. The maximum atomic E-state index is 11.4. The summed E-state index contributed by atoms with van der Waals surface area (Å²) in [6, 6.07) is 0. The van der Waals surface area contributed by atoms with Crippen LogP contribution >= 0.6 is 7.80 Å². The van der Waals surface area contributed by atoms with Gasteiger partial charge in [-0.15, -0.1) is 0 Å². The Morgan fingerprint density at radius 3 is 2.35 bits per heavy atom. The van der Waals surface area contributed by atoms with Crippen molar-refractivity contribution in [2.24, 2.45) is 0 Å². The average Bonchev–Trinajstić information content (AvgIpc) is 2.30. The Labute approximate surface area is 124 Å². The third-order valence-electron chi connectivity index (χ3n) is 2.16.